The molecule has 1 heterocycles. The molecule has 0 amide bonds. The number of thioether (sulfide) groups is 1. The fraction of sp³-hybridized carbons (Fsp3) is 0.333. The molecule has 0 atom stereocenters. The Morgan fingerprint density at radius 2 is 2.40 bits per heavy atom. The Morgan fingerprint density at radius 3 is 3.00 bits per heavy atom. The van der Waals surface area contributed by atoms with Gasteiger partial charge in [0.25, 0.3) is 0 Å². The number of carboxylic acid groups (broad SMARTS) is 1. The fourth-order valence-corrected chi connectivity index (χ4v) is 1.72. The highest BCUT2D eigenvalue weighted by Gasteiger charge is 2.09. The molecule has 1 aromatic rings. The molecule has 1 rings (SSSR count). The highest BCUT2D eigenvalue weighted by molar-refractivity contribution is 7.99. The van der Waals surface area contributed by atoms with E-state index in [1.54, 1.807) is 0 Å². The lowest BCUT2D eigenvalue weighted by atomic mass is 10.7. The molecule has 0 aliphatic rings. The van der Waals surface area contributed by atoms with Crippen molar-refractivity contribution in [1.29, 1.82) is 0 Å². The normalized spacial score (nSPS) is 11.7. The number of aromatic nitrogens is 4. The molecule has 0 saturated heterocycles. The van der Waals surface area contributed by atoms with E-state index in [4.69, 9.17) is 28.3 Å². The molecule has 0 fully saturated rings. The highest BCUT2D eigenvalue weighted by Crippen LogP contribution is 2.19. The number of halogens is 2. The summed E-state index contributed by atoms with van der Waals surface area (Å²) in [5, 5.41) is 19.9. The van der Waals surface area contributed by atoms with Gasteiger partial charge in [-0.1, -0.05) is 35.0 Å². The van der Waals surface area contributed by atoms with E-state index in [1.807, 2.05) is 0 Å². The number of hydrogen-bond donors (Lipinski definition) is 1. The third-order valence-corrected chi connectivity index (χ3v) is 3.02. The Hall–Kier alpha value is -0.790. The quantitative estimate of drug-likeness (QED) is 0.808. The molecule has 0 aliphatic carbocycles. The van der Waals surface area contributed by atoms with Crippen LogP contribution >= 0.6 is 35.0 Å². The Labute approximate surface area is 99.2 Å². The van der Waals surface area contributed by atoms with Crippen LogP contribution in [0.25, 0.3) is 0 Å². The van der Waals surface area contributed by atoms with Gasteiger partial charge in [-0.15, -0.1) is 5.10 Å². The molecule has 0 aromatic carbocycles. The summed E-state index contributed by atoms with van der Waals surface area (Å²) in [4.78, 5) is 10.4. The summed E-state index contributed by atoms with van der Waals surface area (Å²) in [6.07, 6.45) is 0. The summed E-state index contributed by atoms with van der Waals surface area (Å²) in [6.45, 7) is -0.280. The van der Waals surface area contributed by atoms with Crippen molar-refractivity contribution in [2.24, 2.45) is 0 Å². The zero-order valence-corrected chi connectivity index (χ0v) is 9.63. The second kappa shape index (κ2) is 5.94. The predicted octanol–water partition coefficient (Wildman–Crippen LogP) is 1.17. The summed E-state index contributed by atoms with van der Waals surface area (Å²) in [5.74, 6) is -0.617. The van der Waals surface area contributed by atoms with Crippen LogP contribution in [0, 0.1) is 0 Å². The van der Waals surface area contributed by atoms with Crippen molar-refractivity contribution in [3.8, 4) is 0 Å². The maximum Gasteiger partial charge on any atom is 0.325 e. The van der Waals surface area contributed by atoms with Crippen molar-refractivity contribution in [1.82, 2.24) is 20.2 Å². The first-order chi connectivity index (χ1) is 7.13. The molecular formula is C6H6Cl2N4O2S. The van der Waals surface area contributed by atoms with Gasteiger partial charge < -0.3 is 5.11 Å². The standard InChI is InChI=1S/C6H6Cl2N4O2S/c7-1-4(8)3-15-6-9-10-11-12(6)2-5(13)14/h1H,2-3H2,(H,13,14). The number of rotatable bonds is 5. The van der Waals surface area contributed by atoms with Gasteiger partial charge in [0.15, 0.2) is 0 Å². The Kier molecular flexibility index (Phi) is 4.86. The molecule has 1 aromatic heterocycles. The van der Waals surface area contributed by atoms with Gasteiger partial charge in [0.1, 0.15) is 6.54 Å². The topological polar surface area (TPSA) is 80.9 Å². The average Bonchev–Trinajstić information content (AvgIpc) is 2.61. The molecule has 0 spiro atoms. The van der Waals surface area contributed by atoms with Crippen molar-refractivity contribution >= 4 is 40.9 Å². The van der Waals surface area contributed by atoms with Crippen LogP contribution in [0.15, 0.2) is 15.7 Å². The van der Waals surface area contributed by atoms with Crippen LogP contribution in [-0.4, -0.2) is 37.0 Å². The lowest BCUT2D eigenvalue weighted by Crippen LogP contribution is -2.11. The summed E-state index contributed by atoms with van der Waals surface area (Å²) in [5.41, 5.74) is 1.24. The molecule has 9 heteroatoms. The van der Waals surface area contributed by atoms with Crippen molar-refractivity contribution in [3.63, 3.8) is 0 Å². The van der Waals surface area contributed by atoms with Crippen LogP contribution in [0.2, 0.25) is 0 Å². The predicted molar refractivity (Wildman–Crippen MR) is 56.0 cm³/mol. The Balaban J connectivity index is 2.61. The van der Waals surface area contributed by atoms with Crippen LogP contribution in [0.3, 0.4) is 0 Å². The molecule has 6 nitrogen and oxygen atoms in total. The summed E-state index contributed by atoms with van der Waals surface area (Å²) < 4.78 is 1.17. The van der Waals surface area contributed by atoms with E-state index in [0.717, 1.165) is 0 Å². The van der Waals surface area contributed by atoms with Crippen LogP contribution in [-0.2, 0) is 11.3 Å². The number of carboxylic acids is 1. The summed E-state index contributed by atoms with van der Waals surface area (Å²) in [6, 6.07) is 0. The van der Waals surface area contributed by atoms with Gasteiger partial charge >= 0.3 is 5.97 Å². The number of nitrogens with zero attached hydrogens (tertiary/aromatic N) is 4. The molecule has 0 bridgehead atoms. The smallest absolute Gasteiger partial charge is 0.325 e. The van der Waals surface area contributed by atoms with Gasteiger partial charge in [0.05, 0.1) is 0 Å². The van der Waals surface area contributed by atoms with Crippen LogP contribution < -0.4 is 0 Å². The molecule has 1 N–H and O–H groups in total. The summed E-state index contributed by atoms with van der Waals surface area (Å²) in [7, 11) is 0. The average molecular weight is 269 g/mol. The molecule has 82 valence electrons. The summed E-state index contributed by atoms with van der Waals surface area (Å²) >= 11 is 12.2. The second-order valence-electron chi connectivity index (χ2n) is 2.36. The van der Waals surface area contributed by atoms with E-state index in [1.165, 1.54) is 22.0 Å². The van der Waals surface area contributed by atoms with Gasteiger partial charge in [0.2, 0.25) is 5.16 Å². The number of carbonyl (C=O) groups is 1. The highest BCUT2D eigenvalue weighted by atomic mass is 35.5. The minimum Gasteiger partial charge on any atom is -0.480 e. The lowest BCUT2D eigenvalue weighted by Gasteiger charge is -1.99. The van der Waals surface area contributed by atoms with Crippen molar-refractivity contribution in [3.05, 3.63) is 10.6 Å². The minimum atomic E-state index is -1.01. The zero-order chi connectivity index (χ0) is 11.3. The van der Waals surface area contributed by atoms with Gasteiger partial charge in [0, 0.05) is 16.3 Å². The largest absolute Gasteiger partial charge is 0.480 e. The fourth-order valence-electron chi connectivity index (χ4n) is 0.692. The molecule has 0 radical (unpaired) electrons. The second-order valence-corrected chi connectivity index (χ2v) is 4.00. The Bertz CT molecular complexity index is 381. The monoisotopic (exact) mass is 268 g/mol. The van der Waals surface area contributed by atoms with Gasteiger partial charge in [-0.3, -0.25) is 4.79 Å². The SMILES string of the molecule is O=C(O)Cn1nnnc1SCC(Cl)=CCl. The first kappa shape index (κ1) is 12.3. The third-order valence-electron chi connectivity index (χ3n) is 1.24. The zero-order valence-electron chi connectivity index (χ0n) is 7.30. The minimum absolute atomic E-state index is 0.280. The van der Waals surface area contributed by atoms with Crippen LogP contribution in [0.4, 0.5) is 0 Å². The van der Waals surface area contributed by atoms with Crippen molar-refractivity contribution < 1.29 is 9.90 Å². The number of tetrazole rings is 1. The number of aliphatic carboxylic acids is 1. The van der Waals surface area contributed by atoms with E-state index in [0.29, 0.717) is 15.9 Å². The van der Waals surface area contributed by atoms with E-state index in [-0.39, 0.29) is 6.54 Å². The van der Waals surface area contributed by atoms with Crippen LogP contribution in [0.5, 0.6) is 0 Å². The Morgan fingerprint density at radius 1 is 1.67 bits per heavy atom. The van der Waals surface area contributed by atoms with Crippen molar-refractivity contribution in [2.75, 3.05) is 5.75 Å². The van der Waals surface area contributed by atoms with E-state index in [2.05, 4.69) is 15.5 Å². The third kappa shape index (κ3) is 4.06. The van der Waals surface area contributed by atoms with Crippen LogP contribution in [0.1, 0.15) is 0 Å². The molecule has 15 heavy (non-hydrogen) atoms. The lowest BCUT2D eigenvalue weighted by molar-refractivity contribution is -0.138. The van der Waals surface area contributed by atoms with Gasteiger partial charge in [-0.2, -0.15) is 0 Å². The van der Waals surface area contributed by atoms with E-state index >= 15 is 0 Å². The van der Waals surface area contributed by atoms with Gasteiger partial charge in [-0.05, 0) is 10.4 Å². The maximum atomic E-state index is 10.4. The molecule has 0 unspecified atom stereocenters. The number of hydrogen-bond acceptors (Lipinski definition) is 5. The first-order valence-electron chi connectivity index (χ1n) is 3.69. The molecular weight excluding hydrogens is 263 g/mol. The molecule has 0 saturated carbocycles. The van der Waals surface area contributed by atoms with Gasteiger partial charge in [-0.25, -0.2) is 4.68 Å². The molecule has 0 aliphatic heterocycles. The van der Waals surface area contributed by atoms with E-state index < -0.39 is 5.97 Å². The first-order valence-corrected chi connectivity index (χ1v) is 5.49. The van der Waals surface area contributed by atoms with Crippen molar-refractivity contribution in [2.45, 2.75) is 11.7 Å². The van der Waals surface area contributed by atoms with E-state index in [9.17, 15) is 4.79 Å². The maximum absolute atomic E-state index is 10.4.